The maximum absolute atomic E-state index is 12.2. The zero-order valence-electron chi connectivity index (χ0n) is 17.9. The van der Waals surface area contributed by atoms with Crippen LogP contribution in [0, 0.1) is 17.3 Å². The number of hydrogen-bond donors (Lipinski definition) is 0. The van der Waals surface area contributed by atoms with E-state index in [4.69, 9.17) is 14.2 Å². The Kier molecular flexibility index (Phi) is 5.65. The van der Waals surface area contributed by atoms with Crippen molar-refractivity contribution in [2.24, 2.45) is 17.3 Å². The van der Waals surface area contributed by atoms with Crippen molar-refractivity contribution in [3.05, 3.63) is 12.2 Å². The predicted octanol–water partition coefficient (Wildman–Crippen LogP) is 5.20. The summed E-state index contributed by atoms with van der Waals surface area (Å²) < 4.78 is 18.1. The van der Waals surface area contributed by atoms with Gasteiger partial charge in [-0.05, 0) is 70.1 Å². The maximum Gasteiger partial charge on any atom is 0.333 e. The second-order valence-corrected chi connectivity index (χ2v) is 10.5. The van der Waals surface area contributed by atoms with E-state index in [9.17, 15) is 4.79 Å². The number of unbranched alkanes of at least 4 members (excludes halogenated alkanes) is 1. The summed E-state index contributed by atoms with van der Waals surface area (Å²) >= 11 is 0. The van der Waals surface area contributed by atoms with Crippen LogP contribution in [0.5, 0.6) is 0 Å². The third-order valence-corrected chi connectivity index (χ3v) is 7.72. The quantitative estimate of drug-likeness (QED) is 0.292. The van der Waals surface area contributed by atoms with Gasteiger partial charge in [0.15, 0.2) is 0 Å². The van der Waals surface area contributed by atoms with E-state index in [1.165, 1.54) is 32.1 Å². The van der Waals surface area contributed by atoms with E-state index in [2.05, 4.69) is 13.5 Å². The van der Waals surface area contributed by atoms with Gasteiger partial charge in [0, 0.05) is 24.0 Å². The Balaban J connectivity index is 1.29. The lowest BCUT2D eigenvalue weighted by molar-refractivity contribution is -0.232. The van der Waals surface area contributed by atoms with E-state index in [1.54, 1.807) is 6.92 Å². The first-order chi connectivity index (χ1) is 13.4. The van der Waals surface area contributed by atoms with Crippen molar-refractivity contribution in [2.75, 3.05) is 19.8 Å². The summed E-state index contributed by atoms with van der Waals surface area (Å²) in [6, 6.07) is 0. The molecule has 1 aliphatic heterocycles. The molecule has 4 bridgehead atoms. The minimum absolute atomic E-state index is 0.0554. The zero-order chi connectivity index (χ0) is 19.8. The van der Waals surface area contributed by atoms with Crippen LogP contribution in [-0.2, 0) is 19.0 Å². The molecule has 2 unspecified atom stereocenters. The fraction of sp³-hybridized carbons (Fsp3) is 0.875. The number of rotatable bonds is 10. The van der Waals surface area contributed by atoms with Gasteiger partial charge in [0.25, 0.3) is 0 Å². The Morgan fingerprint density at radius 3 is 2.32 bits per heavy atom. The van der Waals surface area contributed by atoms with E-state index in [0.29, 0.717) is 22.8 Å². The van der Waals surface area contributed by atoms with Gasteiger partial charge in [-0.25, -0.2) is 4.79 Å². The molecular formula is C24H38O4. The van der Waals surface area contributed by atoms with Gasteiger partial charge in [-0.1, -0.05) is 26.3 Å². The second kappa shape index (κ2) is 7.75. The molecule has 4 aliphatic carbocycles. The molecule has 28 heavy (non-hydrogen) atoms. The van der Waals surface area contributed by atoms with Gasteiger partial charge in [-0.3, -0.25) is 0 Å². The zero-order valence-corrected chi connectivity index (χ0v) is 17.9. The summed E-state index contributed by atoms with van der Waals surface area (Å²) in [7, 11) is 0. The van der Waals surface area contributed by atoms with Crippen LogP contribution in [0.1, 0.15) is 84.5 Å². The number of carbonyl (C=O) groups excluding carboxylic acids is 1. The molecule has 5 fully saturated rings. The third-order valence-electron chi connectivity index (χ3n) is 7.72. The van der Waals surface area contributed by atoms with E-state index in [-0.39, 0.29) is 17.2 Å². The van der Waals surface area contributed by atoms with Crippen LogP contribution in [0.4, 0.5) is 0 Å². The van der Waals surface area contributed by atoms with Crippen LogP contribution in [0.15, 0.2) is 12.2 Å². The van der Waals surface area contributed by atoms with Gasteiger partial charge < -0.3 is 14.2 Å². The third kappa shape index (κ3) is 4.05. The van der Waals surface area contributed by atoms with Gasteiger partial charge in [0.05, 0.1) is 18.8 Å². The van der Waals surface area contributed by atoms with Crippen LogP contribution in [0.25, 0.3) is 0 Å². The number of ether oxygens (including phenoxy) is 3. The minimum Gasteiger partial charge on any atom is -0.456 e. The van der Waals surface area contributed by atoms with Gasteiger partial charge >= 0.3 is 5.97 Å². The molecule has 0 aromatic carbocycles. The molecule has 0 N–H and O–H groups in total. The fourth-order valence-electron chi connectivity index (χ4n) is 6.89. The van der Waals surface area contributed by atoms with Crippen LogP contribution < -0.4 is 0 Å². The normalized spacial score (nSPS) is 37.5. The number of carbonyl (C=O) groups is 1. The molecule has 0 aromatic rings. The van der Waals surface area contributed by atoms with Crippen molar-refractivity contribution < 1.29 is 19.0 Å². The minimum atomic E-state index is -0.297. The second-order valence-electron chi connectivity index (χ2n) is 10.5. The molecule has 0 amide bonds. The van der Waals surface area contributed by atoms with Crippen molar-refractivity contribution >= 4 is 5.97 Å². The van der Waals surface area contributed by atoms with Crippen molar-refractivity contribution in [3.63, 3.8) is 0 Å². The largest absolute Gasteiger partial charge is 0.456 e. The van der Waals surface area contributed by atoms with Crippen LogP contribution in [-0.4, -0.2) is 37.0 Å². The average molecular weight is 391 g/mol. The van der Waals surface area contributed by atoms with Gasteiger partial charge in [-0.2, -0.15) is 0 Å². The van der Waals surface area contributed by atoms with E-state index in [1.807, 2.05) is 0 Å². The molecule has 5 rings (SSSR count). The van der Waals surface area contributed by atoms with E-state index in [0.717, 1.165) is 58.3 Å². The van der Waals surface area contributed by atoms with Crippen molar-refractivity contribution in [1.29, 1.82) is 0 Å². The summed E-state index contributed by atoms with van der Waals surface area (Å²) in [5.74, 6) is 1.08. The molecule has 4 saturated carbocycles. The molecule has 4 nitrogen and oxygen atoms in total. The molecule has 1 heterocycles. The lowest BCUT2D eigenvalue weighted by atomic mass is 9.52. The Bertz CT molecular complexity index is 592. The van der Waals surface area contributed by atoms with Crippen LogP contribution in [0.2, 0.25) is 0 Å². The summed E-state index contributed by atoms with van der Waals surface area (Å²) in [6.45, 7) is 10.5. The van der Waals surface area contributed by atoms with Crippen molar-refractivity contribution in [3.8, 4) is 0 Å². The Hall–Kier alpha value is -0.870. The molecule has 2 atom stereocenters. The Morgan fingerprint density at radius 2 is 1.75 bits per heavy atom. The summed E-state index contributed by atoms with van der Waals surface area (Å²) in [6.07, 6.45) is 12.7. The monoisotopic (exact) mass is 390 g/mol. The molecule has 1 saturated heterocycles. The molecular weight excluding hydrogens is 352 g/mol. The SMILES string of the molecule is C=C(C)C(=O)OC12CC3CC(CC(OCCCCC4(CCC)COC4)(C3)C1)C2. The smallest absolute Gasteiger partial charge is 0.333 e. The van der Waals surface area contributed by atoms with Gasteiger partial charge in [0.2, 0.25) is 0 Å². The first kappa shape index (κ1) is 20.4. The van der Waals surface area contributed by atoms with Crippen molar-refractivity contribution in [1.82, 2.24) is 0 Å². The van der Waals surface area contributed by atoms with Crippen LogP contribution in [0.3, 0.4) is 0 Å². The maximum atomic E-state index is 12.2. The molecule has 158 valence electrons. The van der Waals surface area contributed by atoms with E-state index < -0.39 is 0 Å². The molecule has 5 aliphatic rings. The Morgan fingerprint density at radius 1 is 1.07 bits per heavy atom. The number of hydrogen-bond acceptors (Lipinski definition) is 4. The Labute approximate surface area is 170 Å². The highest BCUT2D eigenvalue weighted by atomic mass is 16.6. The highest BCUT2D eigenvalue weighted by Crippen LogP contribution is 2.60. The summed E-state index contributed by atoms with van der Waals surface area (Å²) in [5.41, 5.74) is 0.608. The fourth-order valence-corrected chi connectivity index (χ4v) is 6.89. The highest BCUT2D eigenvalue weighted by molar-refractivity contribution is 5.87. The first-order valence-electron chi connectivity index (χ1n) is 11.5. The van der Waals surface area contributed by atoms with Crippen molar-refractivity contribution in [2.45, 2.75) is 95.7 Å². The predicted molar refractivity (Wildman–Crippen MR) is 109 cm³/mol. The molecule has 0 aromatic heterocycles. The highest BCUT2D eigenvalue weighted by Gasteiger charge is 2.60. The lowest BCUT2D eigenvalue weighted by Crippen LogP contribution is -2.61. The standard InChI is InChI=1S/C24H38O4/c1-4-7-22(16-26-17-22)8-5-6-9-27-23-11-19-10-20(12-23)14-24(13-19,15-23)28-21(25)18(2)3/h19-20H,2,4-17H2,1,3H3. The van der Waals surface area contributed by atoms with E-state index >= 15 is 0 Å². The van der Waals surface area contributed by atoms with Gasteiger partial charge in [-0.15, -0.1) is 0 Å². The van der Waals surface area contributed by atoms with Gasteiger partial charge in [0.1, 0.15) is 5.60 Å². The molecule has 0 radical (unpaired) electrons. The molecule has 4 heteroatoms. The lowest BCUT2D eigenvalue weighted by Gasteiger charge is -2.60. The van der Waals surface area contributed by atoms with Crippen LogP contribution >= 0.6 is 0 Å². The topological polar surface area (TPSA) is 44.8 Å². The molecule has 0 spiro atoms. The summed E-state index contributed by atoms with van der Waals surface area (Å²) in [5, 5.41) is 0. The first-order valence-corrected chi connectivity index (χ1v) is 11.5. The number of esters is 1. The average Bonchev–Trinajstić information content (AvgIpc) is 2.57. The summed E-state index contributed by atoms with van der Waals surface area (Å²) in [4.78, 5) is 12.2.